The predicted molar refractivity (Wildman–Crippen MR) is 92.1 cm³/mol. The lowest BCUT2D eigenvalue weighted by molar-refractivity contribution is 1.04. The van der Waals surface area contributed by atoms with Gasteiger partial charge in [-0.1, -0.05) is 35.3 Å². The summed E-state index contributed by atoms with van der Waals surface area (Å²) in [7, 11) is 0. The molecule has 0 saturated carbocycles. The molecule has 0 aliphatic heterocycles. The van der Waals surface area contributed by atoms with E-state index in [4.69, 9.17) is 23.2 Å². The Morgan fingerprint density at radius 3 is 2.70 bits per heavy atom. The molecule has 4 nitrogen and oxygen atoms in total. The second-order valence-electron chi connectivity index (χ2n) is 4.98. The van der Waals surface area contributed by atoms with Crippen molar-refractivity contribution in [1.29, 1.82) is 0 Å². The van der Waals surface area contributed by atoms with Crippen molar-refractivity contribution in [3.63, 3.8) is 0 Å². The minimum Gasteiger partial charge on any atom is -0.295 e. The normalized spacial score (nSPS) is 11.0. The lowest BCUT2D eigenvalue weighted by Crippen LogP contribution is -1.99. The number of fused-ring (bicyclic) bond motifs is 1. The summed E-state index contributed by atoms with van der Waals surface area (Å²) in [4.78, 5) is 13.0. The molecule has 0 amide bonds. The second-order valence-corrected chi connectivity index (χ2v) is 5.83. The minimum absolute atomic E-state index is 0.543. The Balaban J connectivity index is 1.97. The van der Waals surface area contributed by atoms with Gasteiger partial charge in [0, 0.05) is 10.6 Å². The van der Waals surface area contributed by atoms with Crippen LogP contribution in [0.1, 0.15) is 0 Å². The minimum atomic E-state index is 0.543. The van der Waals surface area contributed by atoms with E-state index in [1.807, 2.05) is 34.9 Å². The van der Waals surface area contributed by atoms with Gasteiger partial charge in [0.25, 0.3) is 0 Å². The number of halogens is 2. The number of rotatable bonds is 2. The van der Waals surface area contributed by atoms with E-state index in [-0.39, 0.29) is 0 Å². The van der Waals surface area contributed by atoms with E-state index in [0.29, 0.717) is 10.0 Å². The highest BCUT2D eigenvalue weighted by Crippen LogP contribution is 2.33. The first kappa shape index (κ1) is 14.2. The molecular formula is C17H10Cl2N4. The summed E-state index contributed by atoms with van der Waals surface area (Å²) in [6.07, 6.45) is 5.01. The summed E-state index contributed by atoms with van der Waals surface area (Å²) < 4.78 is 1.95. The molecule has 0 aliphatic rings. The maximum absolute atomic E-state index is 6.35. The molecule has 2 heterocycles. The van der Waals surface area contributed by atoms with Crippen LogP contribution in [0.4, 0.5) is 0 Å². The van der Waals surface area contributed by atoms with Crippen molar-refractivity contribution < 1.29 is 0 Å². The molecule has 0 unspecified atom stereocenters. The summed E-state index contributed by atoms with van der Waals surface area (Å²) in [5, 5.41) is 1.13. The van der Waals surface area contributed by atoms with Crippen LogP contribution in [0.5, 0.6) is 0 Å². The van der Waals surface area contributed by atoms with Gasteiger partial charge in [0.15, 0.2) is 0 Å². The average Bonchev–Trinajstić information content (AvgIpc) is 2.99. The van der Waals surface area contributed by atoms with Crippen LogP contribution in [-0.4, -0.2) is 19.5 Å². The zero-order chi connectivity index (χ0) is 15.8. The van der Waals surface area contributed by atoms with Crippen molar-refractivity contribution in [1.82, 2.24) is 19.5 Å². The number of hydrogen-bond donors (Lipinski definition) is 0. The fraction of sp³-hybridized carbons (Fsp3) is 0. The molecule has 112 valence electrons. The van der Waals surface area contributed by atoms with Gasteiger partial charge in [-0.2, -0.15) is 0 Å². The number of aromatic nitrogens is 4. The molecule has 0 fully saturated rings. The van der Waals surface area contributed by atoms with Gasteiger partial charge in [-0.05, 0) is 30.3 Å². The van der Waals surface area contributed by atoms with Gasteiger partial charge in [0.1, 0.15) is 12.7 Å². The smallest absolute Gasteiger partial charge is 0.116 e. The van der Waals surface area contributed by atoms with Crippen LogP contribution in [0.15, 0.2) is 61.3 Å². The third kappa shape index (κ3) is 2.46. The highest BCUT2D eigenvalue weighted by atomic mass is 35.5. The van der Waals surface area contributed by atoms with E-state index >= 15 is 0 Å². The van der Waals surface area contributed by atoms with Crippen LogP contribution in [0, 0.1) is 0 Å². The van der Waals surface area contributed by atoms with Crippen molar-refractivity contribution in [2.75, 3.05) is 0 Å². The Hall–Kier alpha value is -2.43. The first-order chi connectivity index (χ1) is 11.2. The van der Waals surface area contributed by atoms with Gasteiger partial charge in [-0.25, -0.2) is 15.0 Å². The molecule has 0 radical (unpaired) electrons. The molecule has 0 N–H and O–H groups in total. The highest BCUT2D eigenvalue weighted by molar-refractivity contribution is 6.36. The van der Waals surface area contributed by atoms with Crippen LogP contribution in [0.3, 0.4) is 0 Å². The number of para-hydroxylation sites is 2. The van der Waals surface area contributed by atoms with Crippen molar-refractivity contribution >= 4 is 34.2 Å². The van der Waals surface area contributed by atoms with E-state index in [1.54, 1.807) is 24.7 Å². The highest BCUT2D eigenvalue weighted by Gasteiger charge is 2.14. The largest absolute Gasteiger partial charge is 0.295 e. The van der Waals surface area contributed by atoms with Crippen LogP contribution in [0.25, 0.3) is 28.0 Å². The third-order valence-corrected chi connectivity index (χ3v) is 4.14. The number of nitrogens with zero attached hydrogens (tertiary/aromatic N) is 4. The summed E-state index contributed by atoms with van der Waals surface area (Å²) >= 11 is 12.3. The standard InChI is InChI=1S/C17H10Cl2N4/c18-11-5-6-12(13(19)7-11)17-16(8-20-9-21-17)23-10-22-14-3-1-2-4-15(14)23/h1-10H. The lowest BCUT2D eigenvalue weighted by atomic mass is 10.1. The Morgan fingerprint density at radius 1 is 0.957 bits per heavy atom. The maximum atomic E-state index is 6.35. The summed E-state index contributed by atoms with van der Waals surface area (Å²) in [5.74, 6) is 0. The van der Waals surface area contributed by atoms with Crippen LogP contribution in [-0.2, 0) is 0 Å². The molecular weight excluding hydrogens is 331 g/mol. The van der Waals surface area contributed by atoms with E-state index in [2.05, 4.69) is 15.0 Å². The molecule has 4 rings (SSSR count). The molecule has 0 atom stereocenters. The molecule has 6 heteroatoms. The first-order valence-corrected chi connectivity index (χ1v) is 7.67. The molecule has 4 aromatic rings. The summed E-state index contributed by atoms with van der Waals surface area (Å²) in [6, 6.07) is 13.2. The van der Waals surface area contributed by atoms with Crippen molar-refractivity contribution in [3.8, 4) is 16.9 Å². The Kier molecular flexibility index (Phi) is 3.48. The van der Waals surface area contributed by atoms with Gasteiger partial charge in [0.2, 0.25) is 0 Å². The summed E-state index contributed by atoms with van der Waals surface area (Å²) in [5.41, 5.74) is 4.22. The molecule has 2 aromatic carbocycles. The second kappa shape index (κ2) is 5.65. The van der Waals surface area contributed by atoms with Crippen molar-refractivity contribution in [2.24, 2.45) is 0 Å². The predicted octanol–water partition coefficient (Wildman–Crippen LogP) is 4.79. The lowest BCUT2D eigenvalue weighted by Gasteiger charge is -2.11. The average molecular weight is 341 g/mol. The molecule has 0 aliphatic carbocycles. The van der Waals surface area contributed by atoms with E-state index in [1.165, 1.54) is 6.33 Å². The molecule has 0 spiro atoms. The molecule has 0 bridgehead atoms. The monoisotopic (exact) mass is 340 g/mol. The van der Waals surface area contributed by atoms with Crippen molar-refractivity contribution in [2.45, 2.75) is 0 Å². The van der Waals surface area contributed by atoms with E-state index in [0.717, 1.165) is 28.0 Å². The summed E-state index contributed by atoms with van der Waals surface area (Å²) in [6.45, 7) is 0. The number of imidazole rings is 1. The van der Waals surface area contributed by atoms with Crippen molar-refractivity contribution in [3.05, 3.63) is 71.4 Å². The number of benzene rings is 2. The Bertz CT molecular complexity index is 1010. The molecule has 0 saturated heterocycles. The zero-order valence-corrected chi connectivity index (χ0v) is 13.3. The van der Waals surface area contributed by atoms with Crippen LogP contribution >= 0.6 is 23.2 Å². The first-order valence-electron chi connectivity index (χ1n) is 6.92. The molecule has 23 heavy (non-hydrogen) atoms. The quantitative estimate of drug-likeness (QED) is 0.527. The van der Waals surface area contributed by atoms with Gasteiger partial charge < -0.3 is 0 Å². The van der Waals surface area contributed by atoms with Gasteiger partial charge in [-0.15, -0.1) is 0 Å². The topological polar surface area (TPSA) is 43.6 Å². The van der Waals surface area contributed by atoms with Crippen LogP contribution < -0.4 is 0 Å². The third-order valence-electron chi connectivity index (χ3n) is 3.59. The van der Waals surface area contributed by atoms with Gasteiger partial charge in [-0.3, -0.25) is 4.57 Å². The Labute approximate surface area is 142 Å². The van der Waals surface area contributed by atoms with Crippen LogP contribution in [0.2, 0.25) is 10.0 Å². The van der Waals surface area contributed by atoms with E-state index < -0.39 is 0 Å². The Morgan fingerprint density at radius 2 is 1.83 bits per heavy atom. The van der Waals surface area contributed by atoms with E-state index in [9.17, 15) is 0 Å². The molecule has 2 aromatic heterocycles. The maximum Gasteiger partial charge on any atom is 0.116 e. The SMILES string of the molecule is Clc1ccc(-c2ncncc2-n2cnc3ccccc32)c(Cl)c1. The fourth-order valence-corrected chi connectivity index (χ4v) is 3.04. The van der Waals surface area contributed by atoms with Gasteiger partial charge >= 0.3 is 0 Å². The fourth-order valence-electron chi connectivity index (χ4n) is 2.54. The zero-order valence-electron chi connectivity index (χ0n) is 11.8. The van der Waals surface area contributed by atoms with Gasteiger partial charge in [0.05, 0.1) is 33.6 Å². The number of hydrogen-bond acceptors (Lipinski definition) is 3.